The Kier molecular flexibility index (Phi) is 3.24. The third-order valence-electron chi connectivity index (χ3n) is 3.48. The second kappa shape index (κ2) is 4.53. The van der Waals surface area contributed by atoms with Crippen LogP contribution < -0.4 is 10.6 Å². The van der Waals surface area contributed by atoms with E-state index in [0.29, 0.717) is 5.69 Å². The summed E-state index contributed by atoms with van der Waals surface area (Å²) in [4.78, 5) is 2.10. The van der Waals surface area contributed by atoms with Crippen LogP contribution in [0.1, 0.15) is 19.8 Å². The highest BCUT2D eigenvalue weighted by molar-refractivity contribution is 5.67. The fraction of sp³-hybridized carbons (Fsp3) is 0.538. The van der Waals surface area contributed by atoms with Crippen molar-refractivity contribution in [1.82, 2.24) is 0 Å². The first-order chi connectivity index (χ1) is 8.04. The highest BCUT2D eigenvalue weighted by atomic mass is 19.1. The Morgan fingerprint density at radius 1 is 1.47 bits per heavy atom. The molecule has 2 N–H and O–H groups in total. The van der Waals surface area contributed by atoms with Gasteiger partial charge >= 0.3 is 0 Å². The molecule has 0 bridgehead atoms. The lowest BCUT2D eigenvalue weighted by Gasteiger charge is -2.41. The standard InChI is InChI=1S/C13H19FN2O/c1-13(17-2)6-3-7-16(9-13)12-8-10(14)4-5-11(12)15/h4-5,8H,3,6-7,9,15H2,1-2H3. The number of benzene rings is 1. The maximum atomic E-state index is 13.3. The zero-order valence-corrected chi connectivity index (χ0v) is 10.4. The smallest absolute Gasteiger partial charge is 0.125 e. The molecule has 2 rings (SSSR count). The molecular weight excluding hydrogens is 219 g/mol. The van der Waals surface area contributed by atoms with Gasteiger partial charge in [0.05, 0.1) is 17.0 Å². The zero-order valence-electron chi connectivity index (χ0n) is 10.4. The van der Waals surface area contributed by atoms with E-state index in [1.54, 1.807) is 13.2 Å². The second-order valence-corrected chi connectivity index (χ2v) is 4.88. The predicted octanol–water partition coefficient (Wildman–Crippen LogP) is 2.41. The molecule has 17 heavy (non-hydrogen) atoms. The molecule has 0 saturated carbocycles. The fourth-order valence-electron chi connectivity index (χ4n) is 2.37. The van der Waals surface area contributed by atoms with Gasteiger partial charge in [-0.2, -0.15) is 0 Å². The first kappa shape index (κ1) is 12.2. The Labute approximate surface area is 101 Å². The number of ether oxygens (including phenoxy) is 1. The molecule has 4 heteroatoms. The number of rotatable bonds is 2. The summed E-state index contributed by atoms with van der Waals surface area (Å²) in [7, 11) is 1.72. The molecule has 1 aromatic carbocycles. The summed E-state index contributed by atoms with van der Waals surface area (Å²) < 4.78 is 18.8. The quantitative estimate of drug-likeness (QED) is 0.804. The fourth-order valence-corrected chi connectivity index (χ4v) is 2.37. The van der Waals surface area contributed by atoms with Gasteiger partial charge in [0.1, 0.15) is 5.82 Å². The average molecular weight is 238 g/mol. The molecule has 0 radical (unpaired) electrons. The summed E-state index contributed by atoms with van der Waals surface area (Å²) in [5.74, 6) is -0.251. The number of nitrogen functional groups attached to an aromatic ring is 1. The predicted molar refractivity (Wildman–Crippen MR) is 67.7 cm³/mol. The topological polar surface area (TPSA) is 38.5 Å². The van der Waals surface area contributed by atoms with Crippen molar-refractivity contribution in [3.63, 3.8) is 0 Å². The molecular formula is C13H19FN2O. The number of halogens is 1. The van der Waals surface area contributed by atoms with Crippen LogP contribution in [0.2, 0.25) is 0 Å². The van der Waals surface area contributed by atoms with E-state index in [0.717, 1.165) is 31.6 Å². The van der Waals surface area contributed by atoms with E-state index in [2.05, 4.69) is 11.8 Å². The highest BCUT2D eigenvalue weighted by Gasteiger charge is 2.31. The number of hydrogen-bond donors (Lipinski definition) is 1. The maximum absolute atomic E-state index is 13.3. The largest absolute Gasteiger partial charge is 0.397 e. The third-order valence-corrected chi connectivity index (χ3v) is 3.48. The van der Waals surface area contributed by atoms with Crippen molar-refractivity contribution in [2.45, 2.75) is 25.4 Å². The first-order valence-corrected chi connectivity index (χ1v) is 5.89. The minimum absolute atomic E-state index is 0.170. The number of nitrogens with two attached hydrogens (primary N) is 1. The van der Waals surface area contributed by atoms with E-state index in [-0.39, 0.29) is 11.4 Å². The van der Waals surface area contributed by atoms with Gasteiger partial charge in [-0.3, -0.25) is 0 Å². The second-order valence-electron chi connectivity index (χ2n) is 4.88. The summed E-state index contributed by atoms with van der Waals surface area (Å²) in [5, 5.41) is 0. The van der Waals surface area contributed by atoms with Gasteiger partial charge in [-0.05, 0) is 38.0 Å². The summed E-state index contributed by atoms with van der Waals surface area (Å²) in [6.45, 7) is 3.72. The molecule has 1 aliphatic heterocycles. The monoisotopic (exact) mass is 238 g/mol. The summed E-state index contributed by atoms with van der Waals surface area (Å²) in [5.41, 5.74) is 7.12. The molecule has 0 spiro atoms. The molecule has 94 valence electrons. The van der Waals surface area contributed by atoms with Crippen molar-refractivity contribution in [3.05, 3.63) is 24.0 Å². The van der Waals surface area contributed by atoms with Crippen LogP contribution in [0.3, 0.4) is 0 Å². The summed E-state index contributed by atoms with van der Waals surface area (Å²) in [6.07, 6.45) is 2.05. The van der Waals surface area contributed by atoms with Crippen molar-refractivity contribution in [2.24, 2.45) is 0 Å². The van der Waals surface area contributed by atoms with Gasteiger partial charge in [-0.1, -0.05) is 0 Å². The molecule has 1 heterocycles. The Morgan fingerprint density at radius 3 is 2.94 bits per heavy atom. The molecule has 3 nitrogen and oxygen atoms in total. The molecule has 1 fully saturated rings. The van der Waals surface area contributed by atoms with Crippen LogP contribution >= 0.6 is 0 Å². The van der Waals surface area contributed by atoms with Crippen LogP contribution in [-0.2, 0) is 4.74 Å². The van der Waals surface area contributed by atoms with Crippen molar-refractivity contribution < 1.29 is 9.13 Å². The summed E-state index contributed by atoms with van der Waals surface area (Å²) >= 11 is 0. The number of nitrogens with zero attached hydrogens (tertiary/aromatic N) is 1. The van der Waals surface area contributed by atoms with Gasteiger partial charge in [0.2, 0.25) is 0 Å². The lowest BCUT2D eigenvalue weighted by molar-refractivity contribution is -0.00463. The van der Waals surface area contributed by atoms with Crippen molar-refractivity contribution >= 4 is 11.4 Å². The number of methoxy groups -OCH3 is 1. The molecule has 1 aliphatic rings. The SMILES string of the molecule is COC1(C)CCCN(c2cc(F)ccc2N)C1. The normalized spacial score (nSPS) is 25.0. The Balaban J connectivity index is 2.24. The molecule has 1 atom stereocenters. The van der Waals surface area contributed by atoms with Gasteiger partial charge in [-0.25, -0.2) is 4.39 Å². The van der Waals surface area contributed by atoms with Crippen LogP contribution in [0.5, 0.6) is 0 Å². The first-order valence-electron chi connectivity index (χ1n) is 5.89. The van der Waals surface area contributed by atoms with Crippen molar-refractivity contribution in [3.8, 4) is 0 Å². The van der Waals surface area contributed by atoms with Gasteiger partial charge in [-0.15, -0.1) is 0 Å². The van der Waals surface area contributed by atoms with Gasteiger partial charge in [0.25, 0.3) is 0 Å². The van der Waals surface area contributed by atoms with E-state index in [4.69, 9.17) is 10.5 Å². The van der Waals surface area contributed by atoms with Gasteiger partial charge < -0.3 is 15.4 Å². The number of piperidine rings is 1. The molecule has 0 amide bonds. The van der Waals surface area contributed by atoms with Crippen LogP contribution in [0, 0.1) is 5.82 Å². The van der Waals surface area contributed by atoms with Gasteiger partial charge in [0, 0.05) is 20.2 Å². The highest BCUT2D eigenvalue weighted by Crippen LogP contribution is 2.31. The van der Waals surface area contributed by atoms with E-state index < -0.39 is 0 Å². The molecule has 0 aromatic heterocycles. The van der Waals surface area contributed by atoms with Crippen LogP contribution in [-0.4, -0.2) is 25.8 Å². The molecule has 0 aliphatic carbocycles. The number of anilines is 2. The third kappa shape index (κ3) is 2.52. The molecule has 1 saturated heterocycles. The Bertz CT molecular complexity index is 410. The Morgan fingerprint density at radius 2 is 2.24 bits per heavy atom. The zero-order chi connectivity index (χ0) is 12.5. The lowest BCUT2D eigenvalue weighted by Crippen LogP contribution is -2.47. The van der Waals surface area contributed by atoms with Gasteiger partial charge in [0.15, 0.2) is 0 Å². The minimum atomic E-state index is -0.251. The summed E-state index contributed by atoms with van der Waals surface area (Å²) in [6, 6.07) is 4.50. The average Bonchev–Trinajstić information content (AvgIpc) is 2.32. The van der Waals surface area contributed by atoms with Crippen LogP contribution in [0.4, 0.5) is 15.8 Å². The van der Waals surface area contributed by atoms with E-state index in [9.17, 15) is 4.39 Å². The van der Waals surface area contributed by atoms with E-state index in [1.807, 2.05) is 0 Å². The van der Waals surface area contributed by atoms with Crippen molar-refractivity contribution in [2.75, 3.05) is 30.8 Å². The van der Waals surface area contributed by atoms with Crippen LogP contribution in [0.15, 0.2) is 18.2 Å². The molecule has 1 aromatic rings. The number of hydrogen-bond acceptors (Lipinski definition) is 3. The van der Waals surface area contributed by atoms with E-state index >= 15 is 0 Å². The van der Waals surface area contributed by atoms with Crippen LogP contribution in [0.25, 0.3) is 0 Å². The molecule has 1 unspecified atom stereocenters. The lowest BCUT2D eigenvalue weighted by atomic mass is 9.94. The maximum Gasteiger partial charge on any atom is 0.125 e. The Hall–Kier alpha value is -1.29. The minimum Gasteiger partial charge on any atom is -0.397 e. The van der Waals surface area contributed by atoms with E-state index in [1.165, 1.54) is 12.1 Å². The van der Waals surface area contributed by atoms with Crippen molar-refractivity contribution in [1.29, 1.82) is 0 Å².